The lowest BCUT2D eigenvalue weighted by Crippen LogP contribution is -2.01. The Labute approximate surface area is 110 Å². The van der Waals surface area contributed by atoms with E-state index in [0.717, 1.165) is 17.7 Å². The molecular weight excluding hydrogens is 248 g/mol. The van der Waals surface area contributed by atoms with Crippen molar-refractivity contribution in [2.24, 2.45) is 5.73 Å². The van der Waals surface area contributed by atoms with Gasteiger partial charge in [-0.1, -0.05) is 17.7 Å². The number of phenols is 1. The van der Waals surface area contributed by atoms with Crippen molar-refractivity contribution in [2.45, 2.75) is 18.4 Å². The van der Waals surface area contributed by atoms with Crippen LogP contribution in [-0.4, -0.2) is 16.1 Å². The maximum atomic E-state index is 9.51. The minimum Gasteiger partial charge on any atom is -0.508 e. The molecule has 3 nitrogen and oxygen atoms in total. The van der Waals surface area contributed by atoms with Crippen molar-refractivity contribution in [3.05, 3.63) is 47.1 Å². The van der Waals surface area contributed by atoms with Gasteiger partial charge < -0.3 is 10.8 Å². The molecule has 0 unspecified atom stereocenters. The summed E-state index contributed by atoms with van der Waals surface area (Å²) in [6.07, 6.45) is 2.89. The zero-order chi connectivity index (χ0) is 12.7. The maximum Gasteiger partial charge on any atom is 0.117 e. The van der Waals surface area contributed by atoms with Gasteiger partial charge in [-0.15, -0.1) is 0 Å². The molecule has 0 bridgehead atoms. The number of halogens is 1. The number of phenolic OH excluding ortho intramolecular Hbond substituents is 1. The van der Waals surface area contributed by atoms with Crippen LogP contribution in [0.25, 0.3) is 11.3 Å². The van der Waals surface area contributed by atoms with Gasteiger partial charge in [0.05, 0.1) is 5.69 Å². The summed E-state index contributed by atoms with van der Waals surface area (Å²) < 4.78 is 0. The lowest BCUT2D eigenvalue weighted by Gasteiger charge is -2.04. The highest BCUT2D eigenvalue weighted by molar-refractivity contribution is 6.31. The van der Waals surface area contributed by atoms with Gasteiger partial charge in [-0.05, 0) is 36.2 Å². The van der Waals surface area contributed by atoms with Gasteiger partial charge in [-0.3, -0.25) is 4.98 Å². The summed E-state index contributed by atoms with van der Waals surface area (Å²) in [5.41, 5.74) is 8.60. The van der Waals surface area contributed by atoms with Crippen molar-refractivity contribution in [3.8, 4) is 17.0 Å². The molecule has 0 saturated heterocycles. The molecule has 0 aliphatic heterocycles. The standard InChI is InChI=1S/C14H13ClN2O/c15-10-3-9(4-11(18)5-10)14-2-1-8(7-17-14)12-6-13(12)16/h1-5,7,12-13,18H,6,16H2/t12-,13+/m0/s1. The average Bonchev–Trinajstić information content (AvgIpc) is 3.05. The summed E-state index contributed by atoms with van der Waals surface area (Å²) in [5.74, 6) is 0.604. The molecule has 2 aromatic rings. The van der Waals surface area contributed by atoms with Crippen molar-refractivity contribution in [1.29, 1.82) is 0 Å². The molecule has 2 atom stereocenters. The summed E-state index contributed by atoms with van der Waals surface area (Å²) in [6.45, 7) is 0. The molecule has 1 fully saturated rings. The summed E-state index contributed by atoms with van der Waals surface area (Å²) in [5, 5.41) is 10.0. The topological polar surface area (TPSA) is 59.1 Å². The molecule has 18 heavy (non-hydrogen) atoms. The second kappa shape index (κ2) is 4.26. The Morgan fingerprint density at radius 1 is 1.28 bits per heavy atom. The first-order valence-electron chi connectivity index (χ1n) is 5.85. The van der Waals surface area contributed by atoms with Crippen molar-refractivity contribution in [2.75, 3.05) is 0 Å². The van der Waals surface area contributed by atoms with Crippen LogP contribution in [0.2, 0.25) is 5.02 Å². The van der Waals surface area contributed by atoms with Crippen LogP contribution in [-0.2, 0) is 0 Å². The van der Waals surface area contributed by atoms with Crippen molar-refractivity contribution >= 4 is 11.6 Å². The average molecular weight is 261 g/mol. The van der Waals surface area contributed by atoms with Crippen LogP contribution < -0.4 is 5.73 Å². The molecule has 1 aromatic carbocycles. The summed E-state index contributed by atoms with van der Waals surface area (Å²) >= 11 is 5.91. The van der Waals surface area contributed by atoms with E-state index in [9.17, 15) is 5.11 Å². The highest BCUT2D eigenvalue weighted by Gasteiger charge is 2.34. The van der Waals surface area contributed by atoms with Crippen LogP contribution >= 0.6 is 11.6 Å². The molecule has 0 amide bonds. The van der Waals surface area contributed by atoms with E-state index in [1.165, 1.54) is 11.6 Å². The van der Waals surface area contributed by atoms with Crippen molar-refractivity contribution < 1.29 is 5.11 Å². The van der Waals surface area contributed by atoms with Gasteiger partial charge >= 0.3 is 0 Å². The fourth-order valence-electron chi connectivity index (χ4n) is 2.12. The van der Waals surface area contributed by atoms with E-state index in [4.69, 9.17) is 17.3 Å². The smallest absolute Gasteiger partial charge is 0.117 e. The Morgan fingerprint density at radius 2 is 2.06 bits per heavy atom. The molecular formula is C14H13ClN2O. The Balaban J connectivity index is 1.92. The molecule has 0 radical (unpaired) electrons. The number of pyridine rings is 1. The summed E-state index contributed by atoms with van der Waals surface area (Å²) in [4.78, 5) is 4.40. The van der Waals surface area contributed by atoms with Crippen LogP contribution in [0, 0.1) is 0 Å². The molecule has 1 aliphatic carbocycles. The van der Waals surface area contributed by atoms with Crippen LogP contribution in [0.15, 0.2) is 36.5 Å². The zero-order valence-corrected chi connectivity index (χ0v) is 10.4. The number of benzene rings is 1. The summed E-state index contributed by atoms with van der Waals surface area (Å²) in [6, 6.07) is 9.20. The van der Waals surface area contributed by atoms with E-state index < -0.39 is 0 Å². The van der Waals surface area contributed by atoms with Crippen LogP contribution in [0.5, 0.6) is 5.75 Å². The lowest BCUT2D eigenvalue weighted by atomic mass is 10.1. The molecule has 3 N–H and O–H groups in total. The molecule has 3 rings (SSSR count). The third kappa shape index (κ3) is 2.19. The molecule has 4 heteroatoms. The first-order chi connectivity index (χ1) is 8.63. The van der Waals surface area contributed by atoms with Crippen molar-refractivity contribution in [3.63, 3.8) is 0 Å². The molecule has 1 saturated carbocycles. The third-order valence-corrected chi connectivity index (χ3v) is 3.45. The molecule has 1 aromatic heterocycles. The largest absolute Gasteiger partial charge is 0.508 e. The Hall–Kier alpha value is -1.58. The SMILES string of the molecule is N[C@@H]1C[C@H]1c1ccc(-c2cc(O)cc(Cl)c2)nc1. The fraction of sp³-hybridized carbons (Fsp3) is 0.214. The van der Waals surface area contributed by atoms with Crippen LogP contribution in [0.3, 0.4) is 0 Å². The zero-order valence-electron chi connectivity index (χ0n) is 9.68. The van der Waals surface area contributed by atoms with Crippen LogP contribution in [0.1, 0.15) is 17.9 Å². The fourth-order valence-corrected chi connectivity index (χ4v) is 2.34. The first kappa shape index (κ1) is 11.5. The minimum atomic E-state index is 0.146. The molecule has 1 heterocycles. The Morgan fingerprint density at radius 3 is 2.61 bits per heavy atom. The number of rotatable bonds is 2. The van der Waals surface area contributed by atoms with E-state index in [2.05, 4.69) is 4.98 Å². The van der Waals surface area contributed by atoms with E-state index >= 15 is 0 Å². The molecule has 1 aliphatic rings. The predicted molar refractivity (Wildman–Crippen MR) is 71.7 cm³/mol. The predicted octanol–water partition coefficient (Wildman–Crippen LogP) is 2.92. The van der Waals surface area contributed by atoms with Gasteiger partial charge in [-0.25, -0.2) is 0 Å². The molecule has 0 spiro atoms. The van der Waals surface area contributed by atoms with Gasteiger partial charge in [0.1, 0.15) is 5.75 Å². The monoisotopic (exact) mass is 260 g/mol. The second-order valence-electron chi connectivity index (χ2n) is 4.68. The van der Waals surface area contributed by atoms with Crippen molar-refractivity contribution in [1.82, 2.24) is 4.98 Å². The number of aromatic nitrogens is 1. The number of nitrogens with zero attached hydrogens (tertiary/aromatic N) is 1. The summed E-state index contributed by atoms with van der Waals surface area (Å²) in [7, 11) is 0. The maximum absolute atomic E-state index is 9.51. The number of aromatic hydroxyl groups is 1. The lowest BCUT2D eigenvalue weighted by molar-refractivity contribution is 0.475. The van der Waals surface area contributed by atoms with E-state index in [0.29, 0.717) is 10.9 Å². The van der Waals surface area contributed by atoms with Gasteiger partial charge in [0.25, 0.3) is 0 Å². The van der Waals surface area contributed by atoms with E-state index in [1.807, 2.05) is 18.3 Å². The van der Waals surface area contributed by atoms with E-state index in [-0.39, 0.29) is 11.8 Å². The number of hydrogen-bond donors (Lipinski definition) is 2. The quantitative estimate of drug-likeness (QED) is 0.873. The van der Waals surface area contributed by atoms with Gasteiger partial charge in [0.15, 0.2) is 0 Å². The number of nitrogens with two attached hydrogens (primary N) is 1. The first-order valence-corrected chi connectivity index (χ1v) is 6.23. The number of hydrogen-bond acceptors (Lipinski definition) is 3. The molecule has 92 valence electrons. The Kier molecular flexibility index (Phi) is 2.73. The van der Waals surface area contributed by atoms with Gasteiger partial charge in [0, 0.05) is 28.7 Å². The second-order valence-corrected chi connectivity index (χ2v) is 5.12. The van der Waals surface area contributed by atoms with Gasteiger partial charge in [-0.2, -0.15) is 0 Å². The highest BCUT2D eigenvalue weighted by atomic mass is 35.5. The van der Waals surface area contributed by atoms with Crippen LogP contribution in [0.4, 0.5) is 0 Å². The normalized spacial score (nSPS) is 21.9. The Bertz CT molecular complexity index is 563. The van der Waals surface area contributed by atoms with Gasteiger partial charge in [0.2, 0.25) is 0 Å². The minimum absolute atomic E-state index is 0.146. The highest BCUT2D eigenvalue weighted by Crippen LogP contribution is 2.39. The third-order valence-electron chi connectivity index (χ3n) is 3.23. The van der Waals surface area contributed by atoms with E-state index in [1.54, 1.807) is 12.1 Å².